The maximum atomic E-state index is 11.7. The van der Waals surface area contributed by atoms with E-state index >= 15 is 0 Å². The molecule has 0 aromatic rings. The van der Waals surface area contributed by atoms with Gasteiger partial charge >= 0.3 is 6.09 Å². The van der Waals surface area contributed by atoms with Crippen molar-refractivity contribution in [3.05, 3.63) is 12.7 Å². The molecule has 0 aliphatic carbocycles. The van der Waals surface area contributed by atoms with Crippen LogP contribution >= 0.6 is 0 Å². The van der Waals surface area contributed by atoms with Crippen LogP contribution in [0.4, 0.5) is 4.79 Å². The van der Waals surface area contributed by atoms with E-state index < -0.39 is 0 Å². The second-order valence-corrected chi connectivity index (χ2v) is 4.76. The standard InChI is InChI=1S/C12H21N3O2/c1-3-8-17-12(16)15-7-6-14-5-4-13(2)9-11(14)10-15/h3,11H,1,4-10H2,2H3. The lowest BCUT2D eigenvalue weighted by Gasteiger charge is -2.46. The van der Waals surface area contributed by atoms with Crippen molar-refractivity contribution in [3.8, 4) is 0 Å². The summed E-state index contributed by atoms with van der Waals surface area (Å²) < 4.78 is 5.07. The molecule has 1 amide bonds. The van der Waals surface area contributed by atoms with Gasteiger partial charge in [0.15, 0.2) is 0 Å². The number of amides is 1. The number of hydrogen-bond donors (Lipinski definition) is 0. The summed E-state index contributed by atoms with van der Waals surface area (Å²) in [6, 6.07) is 0.457. The van der Waals surface area contributed by atoms with Crippen LogP contribution in [0.3, 0.4) is 0 Å². The van der Waals surface area contributed by atoms with Crippen molar-refractivity contribution in [2.75, 3.05) is 52.9 Å². The summed E-state index contributed by atoms with van der Waals surface area (Å²) in [6.07, 6.45) is 1.39. The Hall–Kier alpha value is -1.07. The predicted molar refractivity (Wildman–Crippen MR) is 66.0 cm³/mol. The fraction of sp³-hybridized carbons (Fsp3) is 0.750. The first-order valence-corrected chi connectivity index (χ1v) is 6.16. The van der Waals surface area contributed by atoms with Crippen LogP contribution in [0.5, 0.6) is 0 Å². The van der Waals surface area contributed by atoms with Gasteiger partial charge in [-0.3, -0.25) is 4.90 Å². The summed E-state index contributed by atoms with van der Waals surface area (Å²) in [6.45, 7) is 9.61. The van der Waals surface area contributed by atoms with Crippen LogP contribution in [-0.2, 0) is 4.74 Å². The van der Waals surface area contributed by atoms with Gasteiger partial charge in [-0.05, 0) is 7.05 Å². The largest absolute Gasteiger partial charge is 0.445 e. The first-order valence-electron chi connectivity index (χ1n) is 6.16. The highest BCUT2D eigenvalue weighted by atomic mass is 16.6. The first-order chi connectivity index (χ1) is 8.20. The molecule has 0 bridgehead atoms. The van der Waals surface area contributed by atoms with Gasteiger partial charge in [0.2, 0.25) is 0 Å². The van der Waals surface area contributed by atoms with Gasteiger partial charge in [0.1, 0.15) is 6.61 Å². The lowest BCUT2D eigenvalue weighted by molar-refractivity contribution is 0.0171. The maximum absolute atomic E-state index is 11.7. The Morgan fingerprint density at radius 2 is 2.12 bits per heavy atom. The fourth-order valence-corrected chi connectivity index (χ4v) is 2.50. The molecule has 0 spiro atoms. The Kier molecular flexibility index (Phi) is 4.02. The van der Waals surface area contributed by atoms with Crippen molar-refractivity contribution in [2.45, 2.75) is 6.04 Å². The smallest absolute Gasteiger partial charge is 0.410 e. The van der Waals surface area contributed by atoms with Gasteiger partial charge in [-0.2, -0.15) is 0 Å². The molecule has 0 N–H and O–H groups in total. The highest BCUT2D eigenvalue weighted by Gasteiger charge is 2.33. The lowest BCUT2D eigenvalue weighted by atomic mass is 10.1. The fourth-order valence-electron chi connectivity index (χ4n) is 2.50. The molecule has 2 aliphatic heterocycles. The van der Waals surface area contributed by atoms with Crippen LogP contribution in [0, 0.1) is 0 Å². The molecule has 1 unspecified atom stereocenters. The van der Waals surface area contributed by atoms with Gasteiger partial charge in [0.05, 0.1) is 0 Å². The van der Waals surface area contributed by atoms with E-state index in [2.05, 4.69) is 23.4 Å². The minimum atomic E-state index is -0.210. The Morgan fingerprint density at radius 3 is 2.88 bits per heavy atom. The van der Waals surface area contributed by atoms with Gasteiger partial charge in [-0.25, -0.2) is 4.79 Å². The molecule has 2 fully saturated rings. The van der Waals surface area contributed by atoms with Crippen LogP contribution in [0.25, 0.3) is 0 Å². The topological polar surface area (TPSA) is 36.0 Å². The summed E-state index contributed by atoms with van der Waals surface area (Å²) in [7, 11) is 2.13. The summed E-state index contributed by atoms with van der Waals surface area (Å²) in [5.74, 6) is 0. The molecular weight excluding hydrogens is 218 g/mol. The number of hydrogen-bond acceptors (Lipinski definition) is 4. The lowest BCUT2D eigenvalue weighted by Crippen LogP contribution is -2.62. The Balaban J connectivity index is 1.87. The van der Waals surface area contributed by atoms with Crippen LogP contribution < -0.4 is 0 Å². The molecule has 0 saturated carbocycles. The van der Waals surface area contributed by atoms with Gasteiger partial charge in [-0.1, -0.05) is 12.7 Å². The SMILES string of the molecule is C=CCOC(=O)N1CCN2CCN(C)CC2C1. The molecule has 2 heterocycles. The minimum Gasteiger partial charge on any atom is -0.445 e. The third-order valence-corrected chi connectivity index (χ3v) is 3.48. The number of carbonyl (C=O) groups excluding carboxylic acids is 1. The number of carbonyl (C=O) groups is 1. The zero-order valence-corrected chi connectivity index (χ0v) is 10.5. The average molecular weight is 239 g/mol. The third-order valence-electron chi connectivity index (χ3n) is 3.48. The molecule has 0 aromatic carbocycles. The second-order valence-electron chi connectivity index (χ2n) is 4.76. The van der Waals surface area contributed by atoms with Crippen LogP contribution in [-0.4, -0.2) is 79.8 Å². The zero-order valence-electron chi connectivity index (χ0n) is 10.5. The Morgan fingerprint density at radius 1 is 1.35 bits per heavy atom. The molecule has 1 atom stereocenters. The average Bonchev–Trinajstić information content (AvgIpc) is 2.35. The molecule has 5 nitrogen and oxygen atoms in total. The number of ether oxygens (including phenoxy) is 1. The van der Waals surface area contributed by atoms with Crippen LogP contribution in [0.2, 0.25) is 0 Å². The number of rotatable bonds is 2. The van der Waals surface area contributed by atoms with E-state index in [1.807, 2.05) is 4.90 Å². The predicted octanol–water partition coefficient (Wildman–Crippen LogP) is 0.241. The minimum absolute atomic E-state index is 0.210. The van der Waals surface area contributed by atoms with Gasteiger partial charge in [-0.15, -0.1) is 0 Å². The van der Waals surface area contributed by atoms with Crippen LogP contribution in [0.1, 0.15) is 0 Å². The second kappa shape index (κ2) is 5.51. The molecule has 2 rings (SSSR count). The van der Waals surface area contributed by atoms with E-state index in [1.165, 1.54) is 0 Å². The molecule has 17 heavy (non-hydrogen) atoms. The third kappa shape index (κ3) is 2.98. The van der Waals surface area contributed by atoms with E-state index in [0.717, 1.165) is 39.3 Å². The quantitative estimate of drug-likeness (QED) is 0.647. The van der Waals surface area contributed by atoms with Gasteiger partial charge in [0, 0.05) is 45.3 Å². The van der Waals surface area contributed by atoms with E-state index in [9.17, 15) is 4.79 Å². The van der Waals surface area contributed by atoms with Crippen molar-refractivity contribution >= 4 is 6.09 Å². The van der Waals surface area contributed by atoms with E-state index in [-0.39, 0.29) is 6.09 Å². The van der Waals surface area contributed by atoms with Gasteiger partial charge in [0.25, 0.3) is 0 Å². The molecule has 0 radical (unpaired) electrons. The number of nitrogens with zero attached hydrogens (tertiary/aromatic N) is 3. The summed E-state index contributed by atoms with van der Waals surface area (Å²) >= 11 is 0. The first kappa shape index (κ1) is 12.4. The van der Waals surface area contributed by atoms with Crippen molar-refractivity contribution in [2.24, 2.45) is 0 Å². The molecule has 2 aliphatic rings. The molecular formula is C12H21N3O2. The van der Waals surface area contributed by atoms with Crippen molar-refractivity contribution in [3.63, 3.8) is 0 Å². The summed E-state index contributed by atoms with van der Waals surface area (Å²) in [5, 5.41) is 0. The van der Waals surface area contributed by atoms with E-state index in [0.29, 0.717) is 12.6 Å². The zero-order chi connectivity index (χ0) is 12.3. The van der Waals surface area contributed by atoms with Crippen molar-refractivity contribution < 1.29 is 9.53 Å². The normalized spacial score (nSPS) is 26.4. The Labute approximate surface area is 103 Å². The summed E-state index contributed by atoms with van der Waals surface area (Å²) in [4.78, 5) is 18.3. The number of fused-ring (bicyclic) bond motifs is 1. The monoisotopic (exact) mass is 239 g/mol. The maximum Gasteiger partial charge on any atom is 0.410 e. The molecule has 2 saturated heterocycles. The molecule has 96 valence electrons. The molecule has 5 heteroatoms. The van der Waals surface area contributed by atoms with Crippen LogP contribution in [0.15, 0.2) is 12.7 Å². The van der Waals surface area contributed by atoms with Crippen molar-refractivity contribution in [1.82, 2.24) is 14.7 Å². The van der Waals surface area contributed by atoms with Crippen molar-refractivity contribution in [1.29, 1.82) is 0 Å². The highest BCUT2D eigenvalue weighted by molar-refractivity contribution is 5.67. The number of piperazine rings is 2. The van der Waals surface area contributed by atoms with Gasteiger partial charge < -0.3 is 14.5 Å². The Bertz CT molecular complexity index is 295. The highest BCUT2D eigenvalue weighted by Crippen LogP contribution is 2.15. The van der Waals surface area contributed by atoms with E-state index in [1.54, 1.807) is 6.08 Å². The summed E-state index contributed by atoms with van der Waals surface area (Å²) in [5.41, 5.74) is 0. The molecule has 0 aromatic heterocycles. The van der Waals surface area contributed by atoms with E-state index in [4.69, 9.17) is 4.74 Å². The number of likely N-dealkylation sites (N-methyl/N-ethyl adjacent to an activating group) is 1.